The SMILES string of the molecule is CCCCCCCC(CCCCCCC)N1CC(CNC(C)C)C1. The lowest BCUT2D eigenvalue weighted by atomic mass is 9.92. The molecule has 1 rings (SSSR count). The average Bonchev–Trinajstić information content (AvgIpc) is 2.51. The second-order valence-electron chi connectivity index (χ2n) is 8.44. The summed E-state index contributed by atoms with van der Waals surface area (Å²) in [5, 5.41) is 3.61. The Hall–Kier alpha value is -0.0800. The van der Waals surface area contributed by atoms with E-state index in [9.17, 15) is 0 Å². The largest absolute Gasteiger partial charge is 0.314 e. The number of unbranched alkanes of at least 4 members (excludes halogenated alkanes) is 8. The van der Waals surface area contributed by atoms with Crippen LogP contribution in [0.4, 0.5) is 0 Å². The van der Waals surface area contributed by atoms with Crippen LogP contribution >= 0.6 is 0 Å². The van der Waals surface area contributed by atoms with E-state index in [2.05, 4.69) is 37.9 Å². The zero-order valence-corrected chi connectivity index (χ0v) is 17.3. The minimum atomic E-state index is 0.631. The zero-order valence-electron chi connectivity index (χ0n) is 17.3. The van der Waals surface area contributed by atoms with Gasteiger partial charge in [0.25, 0.3) is 0 Å². The van der Waals surface area contributed by atoms with Gasteiger partial charge in [-0.2, -0.15) is 0 Å². The van der Waals surface area contributed by atoms with Crippen LogP contribution in [0.3, 0.4) is 0 Å². The van der Waals surface area contributed by atoms with Crippen molar-refractivity contribution in [2.75, 3.05) is 19.6 Å². The topological polar surface area (TPSA) is 15.3 Å². The summed E-state index contributed by atoms with van der Waals surface area (Å²) in [4.78, 5) is 2.80. The highest BCUT2D eigenvalue weighted by molar-refractivity contribution is 4.87. The van der Waals surface area contributed by atoms with Crippen LogP contribution in [0.25, 0.3) is 0 Å². The molecule has 1 saturated heterocycles. The maximum absolute atomic E-state index is 3.61. The molecule has 0 aliphatic carbocycles. The first kappa shape index (κ1) is 22.0. The molecule has 0 spiro atoms. The molecule has 0 aromatic heterocycles. The molecule has 0 atom stereocenters. The molecule has 1 aliphatic heterocycles. The average molecular weight is 339 g/mol. The highest BCUT2D eigenvalue weighted by atomic mass is 15.2. The van der Waals surface area contributed by atoms with Crippen molar-refractivity contribution in [1.29, 1.82) is 0 Å². The van der Waals surface area contributed by atoms with Gasteiger partial charge in [0.2, 0.25) is 0 Å². The van der Waals surface area contributed by atoms with Crippen molar-refractivity contribution in [2.45, 2.75) is 117 Å². The zero-order chi connectivity index (χ0) is 17.6. The first-order valence-corrected chi connectivity index (χ1v) is 11.1. The number of rotatable bonds is 16. The Labute approximate surface area is 153 Å². The number of nitrogens with zero attached hydrogens (tertiary/aromatic N) is 1. The number of hydrogen-bond donors (Lipinski definition) is 1. The molecular formula is C22H46N2. The standard InChI is InChI=1S/C22H46N2/c1-5-7-9-11-13-15-22(16-14-12-10-8-6-2)24-18-21(19-24)17-23-20(3)4/h20-23H,5-19H2,1-4H3. The van der Waals surface area contributed by atoms with Gasteiger partial charge < -0.3 is 5.32 Å². The Bertz CT molecular complexity index is 257. The highest BCUT2D eigenvalue weighted by Gasteiger charge is 2.31. The number of hydrogen-bond acceptors (Lipinski definition) is 2. The lowest BCUT2D eigenvalue weighted by molar-refractivity contribution is 0.0412. The van der Waals surface area contributed by atoms with Crippen molar-refractivity contribution in [3.63, 3.8) is 0 Å². The smallest absolute Gasteiger partial charge is 0.00955 e. The van der Waals surface area contributed by atoms with Crippen molar-refractivity contribution in [3.8, 4) is 0 Å². The molecule has 0 bridgehead atoms. The van der Waals surface area contributed by atoms with E-state index in [4.69, 9.17) is 0 Å². The van der Waals surface area contributed by atoms with Gasteiger partial charge in [0.1, 0.15) is 0 Å². The monoisotopic (exact) mass is 338 g/mol. The van der Waals surface area contributed by atoms with E-state index in [1.807, 2.05) is 0 Å². The number of nitrogens with one attached hydrogen (secondary N) is 1. The third kappa shape index (κ3) is 10.0. The van der Waals surface area contributed by atoms with E-state index < -0.39 is 0 Å². The molecule has 1 fully saturated rings. The molecule has 24 heavy (non-hydrogen) atoms. The molecule has 1 aliphatic rings. The summed E-state index contributed by atoms with van der Waals surface area (Å²) in [6.45, 7) is 13.0. The first-order chi connectivity index (χ1) is 11.7. The van der Waals surface area contributed by atoms with Crippen molar-refractivity contribution in [3.05, 3.63) is 0 Å². The second kappa shape index (κ2) is 14.1. The van der Waals surface area contributed by atoms with Gasteiger partial charge in [-0.05, 0) is 18.8 Å². The van der Waals surface area contributed by atoms with Crippen LogP contribution in [0.2, 0.25) is 0 Å². The quantitative estimate of drug-likeness (QED) is 0.347. The van der Waals surface area contributed by atoms with E-state index in [0.717, 1.165) is 12.0 Å². The lowest BCUT2D eigenvalue weighted by Gasteiger charge is -2.45. The molecule has 0 aromatic carbocycles. The summed E-state index contributed by atoms with van der Waals surface area (Å²) >= 11 is 0. The lowest BCUT2D eigenvalue weighted by Crippen LogP contribution is -2.55. The summed E-state index contributed by atoms with van der Waals surface area (Å²) in [6.07, 6.45) is 17.2. The van der Waals surface area contributed by atoms with Crippen molar-refractivity contribution < 1.29 is 0 Å². The molecule has 0 saturated carbocycles. The molecular weight excluding hydrogens is 292 g/mol. The predicted molar refractivity (Wildman–Crippen MR) is 109 cm³/mol. The van der Waals surface area contributed by atoms with Gasteiger partial charge in [0.15, 0.2) is 0 Å². The van der Waals surface area contributed by atoms with Crippen LogP contribution in [0.15, 0.2) is 0 Å². The minimum Gasteiger partial charge on any atom is -0.314 e. The van der Waals surface area contributed by atoms with Crippen LogP contribution in [0.5, 0.6) is 0 Å². The molecule has 0 amide bonds. The Morgan fingerprint density at radius 2 is 1.29 bits per heavy atom. The third-order valence-corrected chi connectivity index (χ3v) is 5.60. The molecule has 0 aromatic rings. The Morgan fingerprint density at radius 1 is 0.792 bits per heavy atom. The highest BCUT2D eigenvalue weighted by Crippen LogP contribution is 2.25. The van der Waals surface area contributed by atoms with Gasteiger partial charge in [-0.3, -0.25) is 4.90 Å². The summed E-state index contributed by atoms with van der Waals surface area (Å²) in [7, 11) is 0. The van der Waals surface area contributed by atoms with Gasteiger partial charge in [0, 0.05) is 31.7 Å². The normalized spacial score (nSPS) is 16.2. The fourth-order valence-electron chi connectivity index (χ4n) is 3.92. The molecule has 0 radical (unpaired) electrons. The van der Waals surface area contributed by atoms with Crippen molar-refractivity contribution >= 4 is 0 Å². The predicted octanol–water partition coefficient (Wildman–Crippen LogP) is 6.01. The summed E-state index contributed by atoms with van der Waals surface area (Å²) in [6, 6.07) is 1.51. The van der Waals surface area contributed by atoms with Crippen LogP contribution in [-0.2, 0) is 0 Å². The number of likely N-dealkylation sites (tertiary alicyclic amines) is 1. The summed E-state index contributed by atoms with van der Waals surface area (Å²) < 4.78 is 0. The van der Waals surface area contributed by atoms with Crippen molar-refractivity contribution in [2.24, 2.45) is 5.92 Å². The molecule has 0 unspecified atom stereocenters. The van der Waals surface area contributed by atoms with Gasteiger partial charge in [-0.25, -0.2) is 0 Å². The fraction of sp³-hybridized carbons (Fsp3) is 1.00. The molecule has 2 heteroatoms. The van der Waals surface area contributed by atoms with Crippen LogP contribution in [0.1, 0.15) is 105 Å². The van der Waals surface area contributed by atoms with E-state index in [1.165, 1.54) is 96.7 Å². The Morgan fingerprint density at radius 3 is 1.75 bits per heavy atom. The van der Waals surface area contributed by atoms with Gasteiger partial charge in [-0.1, -0.05) is 91.9 Å². The van der Waals surface area contributed by atoms with Crippen molar-refractivity contribution in [1.82, 2.24) is 10.2 Å². The van der Waals surface area contributed by atoms with E-state index in [0.29, 0.717) is 6.04 Å². The Kier molecular flexibility index (Phi) is 12.9. The Balaban J connectivity index is 2.22. The minimum absolute atomic E-state index is 0.631. The first-order valence-electron chi connectivity index (χ1n) is 11.1. The van der Waals surface area contributed by atoms with E-state index in [-0.39, 0.29) is 0 Å². The fourth-order valence-corrected chi connectivity index (χ4v) is 3.92. The third-order valence-electron chi connectivity index (χ3n) is 5.60. The molecule has 1 heterocycles. The summed E-state index contributed by atoms with van der Waals surface area (Å²) in [5.74, 6) is 0.898. The van der Waals surface area contributed by atoms with Gasteiger partial charge in [-0.15, -0.1) is 0 Å². The maximum Gasteiger partial charge on any atom is 0.00955 e. The molecule has 1 N–H and O–H groups in total. The van der Waals surface area contributed by atoms with Gasteiger partial charge in [0.05, 0.1) is 0 Å². The van der Waals surface area contributed by atoms with E-state index in [1.54, 1.807) is 0 Å². The van der Waals surface area contributed by atoms with Gasteiger partial charge >= 0.3 is 0 Å². The van der Waals surface area contributed by atoms with E-state index >= 15 is 0 Å². The maximum atomic E-state index is 3.61. The molecule has 144 valence electrons. The van der Waals surface area contributed by atoms with Crippen LogP contribution in [-0.4, -0.2) is 36.6 Å². The molecule has 2 nitrogen and oxygen atoms in total. The van der Waals surface area contributed by atoms with Crippen LogP contribution < -0.4 is 5.32 Å². The van der Waals surface area contributed by atoms with Crippen LogP contribution in [0, 0.1) is 5.92 Å². The summed E-state index contributed by atoms with van der Waals surface area (Å²) in [5.41, 5.74) is 0. The second-order valence-corrected chi connectivity index (χ2v) is 8.44.